The summed E-state index contributed by atoms with van der Waals surface area (Å²) in [6, 6.07) is 22.3. The van der Waals surface area contributed by atoms with Crippen molar-refractivity contribution in [3.63, 3.8) is 0 Å². The molecule has 0 aliphatic rings. The van der Waals surface area contributed by atoms with Gasteiger partial charge < -0.3 is 9.26 Å². The van der Waals surface area contributed by atoms with Gasteiger partial charge in [-0.15, -0.1) is 0 Å². The van der Waals surface area contributed by atoms with E-state index in [1.807, 2.05) is 66.7 Å². The quantitative estimate of drug-likeness (QED) is 0.389. The third kappa shape index (κ3) is 3.89. The number of carbonyl (C=O) groups is 1. The molecule has 5 aromatic rings. The molecule has 0 N–H and O–H groups in total. The number of fused-ring (bicyclic) bond motifs is 1. The molecule has 3 heterocycles. The summed E-state index contributed by atoms with van der Waals surface area (Å²) in [4.78, 5) is 25.9. The topological polar surface area (TPSA) is 91.0 Å². The second-order valence-electron chi connectivity index (χ2n) is 6.76. The molecule has 31 heavy (non-hydrogen) atoms. The van der Waals surface area contributed by atoms with E-state index in [1.165, 1.54) is 0 Å². The number of aromatic nitrogens is 4. The van der Waals surface area contributed by atoms with Crippen LogP contribution in [0.5, 0.6) is 0 Å². The summed E-state index contributed by atoms with van der Waals surface area (Å²) in [5, 5.41) is 4.66. The number of carbonyl (C=O) groups excluding carboxylic acids is 1. The summed E-state index contributed by atoms with van der Waals surface area (Å²) in [6.07, 6.45) is 3.37. The minimum atomic E-state index is -0.492. The third-order valence-electron chi connectivity index (χ3n) is 4.74. The van der Waals surface area contributed by atoms with Crippen LogP contribution in [0.25, 0.3) is 33.5 Å². The van der Waals surface area contributed by atoms with Crippen molar-refractivity contribution in [2.45, 2.75) is 6.61 Å². The zero-order valence-corrected chi connectivity index (χ0v) is 16.3. The lowest BCUT2D eigenvalue weighted by Gasteiger charge is -2.09. The molecule has 0 aliphatic carbocycles. The second-order valence-corrected chi connectivity index (χ2v) is 6.76. The van der Waals surface area contributed by atoms with E-state index in [0.29, 0.717) is 28.0 Å². The highest BCUT2D eigenvalue weighted by Crippen LogP contribution is 2.25. The fourth-order valence-electron chi connectivity index (χ4n) is 3.24. The smallest absolute Gasteiger partial charge is 0.339 e. The molecule has 0 bridgehead atoms. The maximum Gasteiger partial charge on any atom is 0.339 e. The first-order chi connectivity index (χ1) is 15.3. The average Bonchev–Trinajstić information content (AvgIpc) is 3.32. The van der Waals surface area contributed by atoms with Crippen LogP contribution in [0.4, 0.5) is 0 Å². The summed E-state index contributed by atoms with van der Waals surface area (Å²) >= 11 is 0. The van der Waals surface area contributed by atoms with Gasteiger partial charge in [0.2, 0.25) is 5.82 Å². The molecule has 0 amide bonds. The first-order valence-corrected chi connectivity index (χ1v) is 9.63. The fourth-order valence-corrected chi connectivity index (χ4v) is 3.24. The van der Waals surface area contributed by atoms with Gasteiger partial charge in [0.15, 0.2) is 6.61 Å². The van der Waals surface area contributed by atoms with E-state index >= 15 is 0 Å². The Morgan fingerprint density at radius 2 is 1.65 bits per heavy atom. The van der Waals surface area contributed by atoms with E-state index in [1.54, 1.807) is 18.5 Å². The number of hydrogen-bond donors (Lipinski definition) is 0. The predicted octanol–water partition coefficient (Wildman–Crippen LogP) is 4.70. The van der Waals surface area contributed by atoms with Crippen molar-refractivity contribution in [2.75, 3.05) is 0 Å². The monoisotopic (exact) mass is 408 g/mol. The van der Waals surface area contributed by atoms with E-state index in [2.05, 4.69) is 20.1 Å². The molecule has 2 aromatic carbocycles. The number of hydrogen-bond acceptors (Lipinski definition) is 7. The van der Waals surface area contributed by atoms with Crippen molar-refractivity contribution in [3.05, 3.63) is 96.6 Å². The van der Waals surface area contributed by atoms with Crippen LogP contribution in [0.15, 0.2) is 89.7 Å². The molecule has 0 radical (unpaired) electrons. The predicted molar refractivity (Wildman–Crippen MR) is 114 cm³/mol. The molecular weight excluding hydrogens is 392 g/mol. The summed E-state index contributed by atoms with van der Waals surface area (Å²) in [5.41, 5.74) is 3.47. The Balaban J connectivity index is 1.41. The van der Waals surface area contributed by atoms with Crippen LogP contribution >= 0.6 is 0 Å². The van der Waals surface area contributed by atoms with Crippen LogP contribution in [0.1, 0.15) is 16.2 Å². The van der Waals surface area contributed by atoms with E-state index in [9.17, 15) is 4.79 Å². The number of nitrogens with zero attached hydrogens (tertiary/aromatic N) is 4. The van der Waals surface area contributed by atoms with E-state index in [4.69, 9.17) is 9.26 Å². The summed E-state index contributed by atoms with van der Waals surface area (Å²) in [5.74, 6) is 0.175. The molecule has 5 rings (SSSR count). The molecule has 3 aromatic heterocycles. The highest BCUT2D eigenvalue weighted by atomic mass is 16.6. The standard InChI is InChI=1S/C24H16N4O3/c29-24(30-15-22-27-23(28-31-22)17-6-2-1-3-7-17)19-14-21(16-10-12-25-13-11-16)26-20-9-5-4-8-18(19)20/h1-14H,15H2. The summed E-state index contributed by atoms with van der Waals surface area (Å²) in [6.45, 7) is -0.125. The van der Waals surface area contributed by atoms with Gasteiger partial charge in [-0.1, -0.05) is 53.7 Å². The maximum atomic E-state index is 12.9. The van der Waals surface area contributed by atoms with Crippen LogP contribution in [-0.4, -0.2) is 26.1 Å². The first kappa shape index (κ1) is 18.6. The van der Waals surface area contributed by atoms with Crippen LogP contribution < -0.4 is 0 Å². The van der Waals surface area contributed by atoms with Crippen LogP contribution in [0.2, 0.25) is 0 Å². The zero-order valence-electron chi connectivity index (χ0n) is 16.3. The number of esters is 1. The lowest BCUT2D eigenvalue weighted by atomic mass is 10.0. The summed E-state index contributed by atoms with van der Waals surface area (Å²) < 4.78 is 10.7. The normalized spacial score (nSPS) is 10.8. The van der Waals surface area contributed by atoms with Crippen molar-refractivity contribution >= 4 is 16.9 Å². The Labute approximate surface area is 177 Å². The lowest BCUT2D eigenvalue weighted by Crippen LogP contribution is -2.07. The fraction of sp³-hybridized carbons (Fsp3) is 0.0417. The van der Waals surface area contributed by atoms with Crippen molar-refractivity contribution in [1.29, 1.82) is 0 Å². The lowest BCUT2D eigenvalue weighted by molar-refractivity contribution is 0.0432. The minimum absolute atomic E-state index is 0.125. The van der Waals surface area contributed by atoms with Gasteiger partial charge in [0.25, 0.3) is 5.89 Å². The summed E-state index contributed by atoms with van der Waals surface area (Å²) in [7, 11) is 0. The van der Waals surface area contributed by atoms with E-state index in [0.717, 1.165) is 11.1 Å². The number of pyridine rings is 2. The van der Waals surface area contributed by atoms with Crippen LogP contribution in [0.3, 0.4) is 0 Å². The zero-order chi connectivity index (χ0) is 21.0. The molecule has 150 valence electrons. The third-order valence-corrected chi connectivity index (χ3v) is 4.74. The van der Waals surface area contributed by atoms with Gasteiger partial charge in [-0.25, -0.2) is 9.78 Å². The van der Waals surface area contributed by atoms with Gasteiger partial charge in [0.05, 0.1) is 16.8 Å². The van der Waals surface area contributed by atoms with E-state index < -0.39 is 5.97 Å². The van der Waals surface area contributed by atoms with Gasteiger partial charge in [0.1, 0.15) is 0 Å². The largest absolute Gasteiger partial charge is 0.452 e. The average molecular weight is 408 g/mol. The maximum absolute atomic E-state index is 12.9. The Morgan fingerprint density at radius 1 is 0.871 bits per heavy atom. The van der Waals surface area contributed by atoms with Gasteiger partial charge in [-0.3, -0.25) is 4.98 Å². The first-order valence-electron chi connectivity index (χ1n) is 9.63. The Morgan fingerprint density at radius 3 is 2.48 bits per heavy atom. The second kappa shape index (κ2) is 8.16. The van der Waals surface area contributed by atoms with Gasteiger partial charge in [-0.2, -0.15) is 4.98 Å². The van der Waals surface area contributed by atoms with Crippen molar-refractivity contribution in [3.8, 4) is 22.6 Å². The number of benzene rings is 2. The van der Waals surface area contributed by atoms with Gasteiger partial charge >= 0.3 is 5.97 Å². The highest BCUT2D eigenvalue weighted by Gasteiger charge is 2.17. The number of rotatable bonds is 5. The molecular formula is C24H16N4O3. The van der Waals surface area contributed by atoms with Crippen LogP contribution in [-0.2, 0) is 11.3 Å². The van der Waals surface area contributed by atoms with Crippen molar-refractivity contribution < 1.29 is 14.1 Å². The molecule has 0 spiro atoms. The number of ether oxygens (including phenoxy) is 1. The Kier molecular flexibility index (Phi) is 4.90. The van der Waals surface area contributed by atoms with E-state index in [-0.39, 0.29) is 12.5 Å². The highest BCUT2D eigenvalue weighted by molar-refractivity contribution is 6.04. The molecule has 0 aliphatic heterocycles. The van der Waals surface area contributed by atoms with Crippen molar-refractivity contribution in [2.24, 2.45) is 0 Å². The molecule has 0 atom stereocenters. The molecule has 0 saturated carbocycles. The number of para-hydroxylation sites is 1. The van der Waals surface area contributed by atoms with Crippen LogP contribution in [0, 0.1) is 0 Å². The Hall–Kier alpha value is -4.39. The molecule has 7 nitrogen and oxygen atoms in total. The molecule has 0 saturated heterocycles. The minimum Gasteiger partial charge on any atom is -0.452 e. The van der Waals surface area contributed by atoms with Gasteiger partial charge in [-0.05, 0) is 24.3 Å². The molecule has 0 fully saturated rings. The van der Waals surface area contributed by atoms with Crippen molar-refractivity contribution in [1.82, 2.24) is 20.1 Å². The molecule has 7 heteroatoms. The van der Waals surface area contributed by atoms with Gasteiger partial charge in [0, 0.05) is 28.9 Å². The Bertz CT molecular complexity index is 1350. The SMILES string of the molecule is O=C(OCc1nc(-c2ccccc2)no1)c1cc(-c2ccncc2)nc2ccccc12. The molecule has 0 unspecified atom stereocenters.